The number of anilines is 2. The van der Waals surface area contributed by atoms with Crippen molar-refractivity contribution in [2.75, 3.05) is 9.80 Å². The number of hydrogen-bond acceptors (Lipinski definition) is 5. The molecular formula is C38H29ClN2O4. The van der Waals surface area contributed by atoms with Crippen LogP contribution >= 0.6 is 11.6 Å². The van der Waals surface area contributed by atoms with Crippen molar-refractivity contribution in [3.8, 4) is 11.3 Å². The Kier molecular flexibility index (Phi) is 6.16. The second-order valence-corrected chi connectivity index (χ2v) is 12.6. The first kappa shape index (κ1) is 27.6. The standard InChI is InChI=1S/C38H29ClN2O4/c1-20-12-14-23(15-13-20)30-19-25-18-27(39)26-16-17-29-31-32(38(44)41(37(31)43)28-11-7-8-21(2)22(28)3)34(40(29)33(26)36(25)45-30)35(42)24-9-5-4-6-10-24/h4-19,29,31-32,34H,1-3H3. The van der Waals surface area contributed by atoms with Crippen LogP contribution in [-0.2, 0) is 9.59 Å². The molecule has 4 unspecified atom stereocenters. The summed E-state index contributed by atoms with van der Waals surface area (Å²) >= 11 is 6.90. The van der Waals surface area contributed by atoms with Crippen LogP contribution in [0.15, 0.2) is 95.4 Å². The van der Waals surface area contributed by atoms with Crippen LogP contribution in [0.3, 0.4) is 0 Å². The molecule has 3 aliphatic rings. The van der Waals surface area contributed by atoms with E-state index in [1.165, 1.54) is 4.90 Å². The lowest BCUT2D eigenvalue weighted by atomic mass is 9.86. The molecule has 1 aromatic heterocycles. The molecule has 5 aromatic rings. The third-order valence-corrected chi connectivity index (χ3v) is 10.0. The van der Waals surface area contributed by atoms with Gasteiger partial charge in [-0.15, -0.1) is 0 Å². The van der Waals surface area contributed by atoms with Gasteiger partial charge in [-0.2, -0.15) is 0 Å². The number of carbonyl (C=O) groups excluding carboxylic acids is 3. The van der Waals surface area contributed by atoms with E-state index in [0.29, 0.717) is 38.9 Å². The van der Waals surface area contributed by atoms with Crippen LogP contribution in [0.4, 0.5) is 11.4 Å². The molecule has 7 heteroatoms. The first-order chi connectivity index (χ1) is 21.7. The lowest BCUT2D eigenvalue weighted by Gasteiger charge is -2.37. The highest BCUT2D eigenvalue weighted by atomic mass is 35.5. The first-order valence-corrected chi connectivity index (χ1v) is 15.5. The van der Waals surface area contributed by atoms with Gasteiger partial charge in [-0.3, -0.25) is 14.4 Å². The van der Waals surface area contributed by atoms with Gasteiger partial charge in [0.2, 0.25) is 11.8 Å². The summed E-state index contributed by atoms with van der Waals surface area (Å²) in [5.74, 6) is -1.89. The zero-order valence-electron chi connectivity index (χ0n) is 25.0. The Morgan fingerprint density at radius 1 is 0.844 bits per heavy atom. The Bertz CT molecular complexity index is 2100. The second kappa shape index (κ2) is 10.0. The molecule has 0 bridgehead atoms. The van der Waals surface area contributed by atoms with Gasteiger partial charge in [0.05, 0.1) is 34.3 Å². The van der Waals surface area contributed by atoms with E-state index < -0.39 is 23.9 Å². The number of carbonyl (C=O) groups is 3. The molecule has 4 aromatic carbocycles. The molecule has 6 nitrogen and oxygen atoms in total. The number of benzene rings is 4. The van der Waals surface area contributed by atoms with Crippen LogP contribution in [0.5, 0.6) is 0 Å². The maximum atomic E-state index is 14.5. The number of hydrogen-bond donors (Lipinski definition) is 0. The van der Waals surface area contributed by atoms with E-state index in [0.717, 1.165) is 27.6 Å². The van der Waals surface area contributed by atoms with Gasteiger partial charge in [-0.1, -0.05) is 96.0 Å². The van der Waals surface area contributed by atoms with E-state index in [1.807, 2.05) is 92.4 Å². The molecule has 0 spiro atoms. The summed E-state index contributed by atoms with van der Waals surface area (Å²) in [7, 11) is 0. The molecule has 0 aliphatic carbocycles. The van der Waals surface area contributed by atoms with E-state index >= 15 is 0 Å². The van der Waals surface area contributed by atoms with Crippen molar-refractivity contribution in [1.82, 2.24) is 0 Å². The average molecular weight is 613 g/mol. The third kappa shape index (κ3) is 3.98. The summed E-state index contributed by atoms with van der Waals surface area (Å²) in [6.07, 6.45) is 3.81. The van der Waals surface area contributed by atoms with E-state index in [1.54, 1.807) is 30.3 Å². The number of rotatable bonds is 4. The number of halogens is 1. The monoisotopic (exact) mass is 612 g/mol. The van der Waals surface area contributed by atoms with Crippen molar-refractivity contribution >= 4 is 57.6 Å². The van der Waals surface area contributed by atoms with Crippen molar-refractivity contribution in [3.05, 3.63) is 124 Å². The van der Waals surface area contributed by atoms with Gasteiger partial charge >= 0.3 is 0 Å². The van der Waals surface area contributed by atoms with Crippen molar-refractivity contribution in [2.24, 2.45) is 11.8 Å². The van der Waals surface area contributed by atoms with Crippen LogP contribution in [0.1, 0.15) is 32.6 Å². The summed E-state index contributed by atoms with van der Waals surface area (Å²) in [5, 5.41) is 1.28. The Labute approximate surface area is 265 Å². The molecule has 45 heavy (non-hydrogen) atoms. The van der Waals surface area contributed by atoms with Gasteiger partial charge in [0.25, 0.3) is 0 Å². The highest BCUT2D eigenvalue weighted by Crippen LogP contribution is 2.53. The average Bonchev–Trinajstić information content (AvgIpc) is 3.70. The van der Waals surface area contributed by atoms with Crippen LogP contribution in [0.2, 0.25) is 5.02 Å². The van der Waals surface area contributed by atoms with Crippen molar-refractivity contribution in [3.63, 3.8) is 0 Å². The molecule has 2 amide bonds. The minimum absolute atomic E-state index is 0.225. The SMILES string of the molecule is Cc1ccc(-c2cc3cc(Cl)c4c(c3o2)N2C(C=C4)C3C(=O)N(c4cccc(C)c4C)C(=O)C3C2C(=O)c2ccccc2)cc1. The van der Waals surface area contributed by atoms with Gasteiger partial charge < -0.3 is 9.32 Å². The van der Waals surface area contributed by atoms with Gasteiger partial charge in [0.1, 0.15) is 11.8 Å². The fraction of sp³-hybridized carbons (Fsp3) is 0.184. The van der Waals surface area contributed by atoms with Gasteiger partial charge in [-0.05, 0) is 50.1 Å². The number of amides is 2. The Hall–Kier alpha value is -4.94. The molecule has 2 saturated heterocycles. The van der Waals surface area contributed by atoms with Gasteiger partial charge in [0, 0.05) is 22.1 Å². The number of imide groups is 1. The lowest BCUT2D eigenvalue weighted by molar-refractivity contribution is -0.122. The number of aryl methyl sites for hydroxylation is 2. The quantitative estimate of drug-likeness (QED) is 0.152. The van der Waals surface area contributed by atoms with Crippen LogP contribution in [-0.4, -0.2) is 29.7 Å². The maximum absolute atomic E-state index is 14.5. The highest BCUT2D eigenvalue weighted by molar-refractivity contribution is 6.34. The topological polar surface area (TPSA) is 70.8 Å². The highest BCUT2D eigenvalue weighted by Gasteiger charge is 2.64. The number of ketones is 1. The van der Waals surface area contributed by atoms with E-state index in [2.05, 4.69) is 0 Å². The van der Waals surface area contributed by atoms with Crippen LogP contribution < -0.4 is 9.80 Å². The van der Waals surface area contributed by atoms with Crippen LogP contribution in [0, 0.1) is 32.6 Å². The zero-order valence-corrected chi connectivity index (χ0v) is 25.7. The maximum Gasteiger partial charge on any atom is 0.240 e. The molecule has 4 heterocycles. The lowest BCUT2D eigenvalue weighted by Crippen LogP contribution is -2.49. The normalized spacial score (nSPS) is 21.8. The van der Waals surface area contributed by atoms with E-state index in [-0.39, 0.29) is 17.6 Å². The zero-order chi connectivity index (χ0) is 31.1. The molecule has 4 atom stereocenters. The smallest absolute Gasteiger partial charge is 0.240 e. The number of nitrogens with zero attached hydrogens (tertiary/aromatic N) is 2. The number of furan rings is 1. The van der Waals surface area contributed by atoms with Gasteiger partial charge in [-0.25, -0.2) is 4.90 Å². The Balaban J connectivity index is 1.33. The second-order valence-electron chi connectivity index (χ2n) is 12.2. The number of Topliss-reactive ketones (excluding diaryl/α,β-unsaturated/α-hetero) is 1. The Morgan fingerprint density at radius 3 is 2.33 bits per heavy atom. The minimum atomic E-state index is -0.952. The molecule has 0 N–H and O–H groups in total. The van der Waals surface area contributed by atoms with E-state index in [9.17, 15) is 14.4 Å². The summed E-state index contributed by atoms with van der Waals surface area (Å²) in [6.45, 7) is 5.90. The molecule has 3 aliphatic heterocycles. The third-order valence-electron chi connectivity index (χ3n) is 9.70. The fourth-order valence-electron chi connectivity index (χ4n) is 7.33. The summed E-state index contributed by atoms with van der Waals surface area (Å²) in [4.78, 5) is 46.6. The van der Waals surface area contributed by atoms with Crippen LogP contribution in [0.25, 0.3) is 28.4 Å². The molecule has 0 radical (unpaired) electrons. The minimum Gasteiger partial charge on any atom is -0.454 e. The summed E-state index contributed by atoms with van der Waals surface area (Å²) in [6, 6.07) is 25.0. The molecule has 2 fully saturated rings. The predicted octanol–water partition coefficient (Wildman–Crippen LogP) is 7.95. The fourth-order valence-corrected chi connectivity index (χ4v) is 7.60. The van der Waals surface area contributed by atoms with Crippen molar-refractivity contribution in [2.45, 2.75) is 32.9 Å². The number of fused-ring (bicyclic) bond motifs is 7. The summed E-state index contributed by atoms with van der Waals surface area (Å²) in [5.41, 5.74) is 6.82. The van der Waals surface area contributed by atoms with Crippen molar-refractivity contribution in [1.29, 1.82) is 0 Å². The Morgan fingerprint density at radius 2 is 1.58 bits per heavy atom. The molecular weight excluding hydrogens is 584 g/mol. The predicted molar refractivity (Wildman–Crippen MR) is 177 cm³/mol. The molecule has 222 valence electrons. The largest absolute Gasteiger partial charge is 0.454 e. The van der Waals surface area contributed by atoms with Gasteiger partial charge in [0.15, 0.2) is 11.4 Å². The molecule has 8 rings (SSSR count). The van der Waals surface area contributed by atoms with E-state index in [4.69, 9.17) is 16.0 Å². The molecule has 0 saturated carbocycles. The first-order valence-electron chi connectivity index (χ1n) is 15.1. The summed E-state index contributed by atoms with van der Waals surface area (Å²) < 4.78 is 6.56. The van der Waals surface area contributed by atoms with Crippen molar-refractivity contribution < 1.29 is 18.8 Å².